The molecule has 0 saturated heterocycles. The van der Waals surface area contributed by atoms with Crippen LogP contribution in [0.4, 0.5) is 5.13 Å². The Bertz CT molecular complexity index is 551. The van der Waals surface area contributed by atoms with E-state index in [9.17, 15) is 4.79 Å². The van der Waals surface area contributed by atoms with E-state index in [0.717, 1.165) is 11.4 Å². The Morgan fingerprint density at radius 3 is 3.11 bits per heavy atom. The number of nitrogens with zero attached hydrogens (tertiary/aromatic N) is 4. The van der Waals surface area contributed by atoms with Crippen LogP contribution < -0.4 is 5.32 Å². The molecule has 0 unspecified atom stereocenters. The summed E-state index contributed by atoms with van der Waals surface area (Å²) in [5, 5.41) is 21.7. The Hall–Kier alpha value is -1.80. The number of hydrogen-bond acceptors (Lipinski definition) is 6. The quantitative estimate of drug-likeness (QED) is 0.809. The summed E-state index contributed by atoms with van der Waals surface area (Å²) in [4.78, 5) is 15.9. The first kappa shape index (κ1) is 13.6. The van der Waals surface area contributed by atoms with Crippen LogP contribution in [0.15, 0.2) is 11.6 Å². The van der Waals surface area contributed by atoms with Gasteiger partial charge in [-0.25, -0.2) is 9.67 Å². The highest BCUT2D eigenvalue weighted by Gasteiger charge is 2.08. The number of hydrogen-bond donors (Lipinski definition) is 2. The van der Waals surface area contributed by atoms with Gasteiger partial charge in [-0.2, -0.15) is 0 Å². The number of aromatic nitrogens is 4. The van der Waals surface area contributed by atoms with Crippen molar-refractivity contribution in [2.45, 2.75) is 26.3 Å². The summed E-state index contributed by atoms with van der Waals surface area (Å²) in [6, 6.07) is 0. The van der Waals surface area contributed by atoms with Crippen molar-refractivity contribution in [3.8, 4) is 0 Å². The van der Waals surface area contributed by atoms with Crippen LogP contribution in [0.3, 0.4) is 0 Å². The second kappa shape index (κ2) is 6.39. The minimum absolute atomic E-state index is 0.102. The molecule has 0 radical (unpaired) electrons. The molecule has 0 atom stereocenters. The lowest BCUT2D eigenvalue weighted by molar-refractivity contribution is -0.116. The molecule has 0 saturated carbocycles. The van der Waals surface area contributed by atoms with Crippen molar-refractivity contribution in [3.05, 3.63) is 23.0 Å². The average Bonchev–Trinajstić information content (AvgIpc) is 2.96. The third-order valence-corrected chi connectivity index (χ3v) is 3.22. The molecule has 1 amide bonds. The topological polar surface area (TPSA) is 92.9 Å². The van der Waals surface area contributed by atoms with E-state index in [1.807, 2.05) is 12.3 Å². The zero-order valence-corrected chi connectivity index (χ0v) is 11.4. The fourth-order valence-electron chi connectivity index (χ4n) is 1.51. The van der Waals surface area contributed by atoms with E-state index in [2.05, 4.69) is 20.6 Å². The summed E-state index contributed by atoms with van der Waals surface area (Å²) in [7, 11) is 0. The molecule has 0 aliphatic heterocycles. The van der Waals surface area contributed by atoms with Crippen LogP contribution in [0.5, 0.6) is 0 Å². The van der Waals surface area contributed by atoms with Gasteiger partial charge in [0.25, 0.3) is 0 Å². The van der Waals surface area contributed by atoms with Gasteiger partial charge in [-0.05, 0) is 19.8 Å². The van der Waals surface area contributed by atoms with Gasteiger partial charge in [0, 0.05) is 18.2 Å². The minimum Gasteiger partial charge on any atom is -0.396 e. The maximum atomic E-state index is 11.7. The fraction of sp³-hybridized carbons (Fsp3) is 0.455. The molecule has 0 spiro atoms. The summed E-state index contributed by atoms with van der Waals surface area (Å²) in [6.45, 7) is 2.10. The molecular weight excluding hydrogens is 266 g/mol. The van der Waals surface area contributed by atoms with Gasteiger partial charge in [0.15, 0.2) is 5.13 Å². The number of nitrogens with one attached hydrogen (secondary N) is 1. The molecule has 2 heterocycles. The third kappa shape index (κ3) is 4.11. The molecule has 0 aromatic carbocycles. The average molecular weight is 281 g/mol. The number of amides is 1. The van der Waals surface area contributed by atoms with Crippen LogP contribution in [0, 0.1) is 6.92 Å². The second-order valence-corrected chi connectivity index (χ2v) is 4.93. The highest BCUT2D eigenvalue weighted by Crippen LogP contribution is 2.14. The molecule has 0 aliphatic carbocycles. The molecule has 19 heavy (non-hydrogen) atoms. The highest BCUT2D eigenvalue weighted by molar-refractivity contribution is 7.13. The van der Waals surface area contributed by atoms with Crippen molar-refractivity contribution in [1.29, 1.82) is 0 Å². The van der Waals surface area contributed by atoms with E-state index in [1.165, 1.54) is 16.0 Å². The number of aliphatic hydroxyl groups excluding tert-OH is 1. The highest BCUT2D eigenvalue weighted by atomic mass is 32.1. The molecule has 2 rings (SSSR count). The summed E-state index contributed by atoms with van der Waals surface area (Å²) in [5.41, 5.74) is 1.65. The van der Waals surface area contributed by atoms with Gasteiger partial charge in [0.1, 0.15) is 6.54 Å². The fourth-order valence-corrected chi connectivity index (χ4v) is 2.21. The smallest absolute Gasteiger partial charge is 0.247 e. The van der Waals surface area contributed by atoms with Crippen LogP contribution in [0.25, 0.3) is 0 Å². The minimum atomic E-state index is -0.187. The standard InChI is InChI=1S/C11H15N5O2S/c1-8-7-19-11(12-8)13-10(18)6-16-5-9(14-15-16)3-2-4-17/h5,7,17H,2-4,6H2,1H3,(H,12,13,18). The van der Waals surface area contributed by atoms with Gasteiger partial charge in [-0.1, -0.05) is 5.21 Å². The van der Waals surface area contributed by atoms with Crippen LogP contribution in [0.2, 0.25) is 0 Å². The first-order chi connectivity index (χ1) is 9.17. The van der Waals surface area contributed by atoms with Gasteiger partial charge in [-0.15, -0.1) is 16.4 Å². The Morgan fingerprint density at radius 1 is 1.58 bits per heavy atom. The lowest BCUT2D eigenvalue weighted by Crippen LogP contribution is -2.19. The number of aliphatic hydroxyl groups is 1. The van der Waals surface area contributed by atoms with E-state index in [-0.39, 0.29) is 19.1 Å². The molecule has 8 heteroatoms. The first-order valence-electron chi connectivity index (χ1n) is 5.89. The van der Waals surface area contributed by atoms with Gasteiger partial charge in [-0.3, -0.25) is 4.79 Å². The molecule has 0 aliphatic rings. The lowest BCUT2D eigenvalue weighted by Gasteiger charge is -2.00. The molecule has 7 nitrogen and oxygen atoms in total. The Labute approximate surface area is 114 Å². The first-order valence-corrected chi connectivity index (χ1v) is 6.77. The van der Waals surface area contributed by atoms with Crippen LogP contribution in [0.1, 0.15) is 17.8 Å². The van der Waals surface area contributed by atoms with Crippen LogP contribution >= 0.6 is 11.3 Å². The van der Waals surface area contributed by atoms with E-state index in [4.69, 9.17) is 5.11 Å². The summed E-state index contributed by atoms with van der Waals surface area (Å²) >= 11 is 1.39. The third-order valence-electron chi connectivity index (χ3n) is 2.35. The second-order valence-electron chi connectivity index (χ2n) is 4.08. The van der Waals surface area contributed by atoms with Crippen LogP contribution in [-0.2, 0) is 17.8 Å². The predicted molar refractivity (Wildman–Crippen MR) is 70.9 cm³/mol. The van der Waals surface area contributed by atoms with Gasteiger partial charge in [0.05, 0.1) is 11.4 Å². The largest absolute Gasteiger partial charge is 0.396 e. The van der Waals surface area contributed by atoms with Gasteiger partial charge >= 0.3 is 0 Å². The van der Waals surface area contributed by atoms with Crippen molar-refractivity contribution in [1.82, 2.24) is 20.0 Å². The normalized spacial score (nSPS) is 10.6. The number of anilines is 1. The summed E-state index contributed by atoms with van der Waals surface area (Å²) in [6.07, 6.45) is 3.01. The SMILES string of the molecule is Cc1csc(NC(=O)Cn2cc(CCCO)nn2)n1. The molecular formula is C11H15N5O2S. The van der Waals surface area contributed by atoms with Gasteiger partial charge in [0.2, 0.25) is 5.91 Å². The molecule has 0 bridgehead atoms. The molecule has 0 fully saturated rings. The number of rotatable bonds is 6. The number of thiazole rings is 1. The monoisotopic (exact) mass is 281 g/mol. The number of carbonyl (C=O) groups excluding carboxylic acids is 1. The zero-order valence-electron chi connectivity index (χ0n) is 10.5. The Balaban J connectivity index is 1.86. The van der Waals surface area contributed by atoms with Crippen molar-refractivity contribution in [2.24, 2.45) is 0 Å². The van der Waals surface area contributed by atoms with E-state index < -0.39 is 0 Å². The van der Waals surface area contributed by atoms with Crippen LogP contribution in [-0.4, -0.2) is 37.6 Å². The molecule has 2 N–H and O–H groups in total. The molecule has 102 valence electrons. The summed E-state index contributed by atoms with van der Waals surface area (Å²) in [5.74, 6) is -0.187. The summed E-state index contributed by atoms with van der Waals surface area (Å²) < 4.78 is 1.47. The Kier molecular flexibility index (Phi) is 4.58. The van der Waals surface area contributed by atoms with Crippen molar-refractivity contribution < 1.29 is 9.90 Å². The van der Waals surface area contributed by atoms with Gasteiger partial charge < -0.3 is 10.4 Å². The molecule has 2 aromatic rings. The zero-order chi connectivity index (χ0) is 13.7. The van der Waals surface area contributed by atoms with Crippen molar-refractivity contribution in [2.75, 3.05) is 11.9 Å². The number of carbonyl (C=O) groups is 1. The Morgan fingerprint density at radius 2 is 2.42 bits per heavy atom. The maximum absolute atomic E-state index is 11.7. The maximum Gasteiger partial charge on any atom is 0.247 e. The van der Waals surface area contributed by atoms with E-state index >= 15 is 0 Å². The number of aryl methyl sites for hydroxylation is 2. The van der Waals surface area contributed by atoms with Crippen molar-refractivity contribution in [3.63, 3.8) is 0 Å². The predicted octanol–water partition coefficient (Wildman–Crippen LogP) is 0.607. The lowest BCUT2D eigenvalue weighted by atomic mass is 10.3. The van der Waals surface area contributed by atoms with Crippen molar-refractivity contribution >= 4 is 22.4 Å². The van der Waals surface area contributed by atoms with E-state index in [1.54, 1.807) is 6.20 Å². The molecule has 2 aromatic heterocycles. The van der Waals surface area contributed by atoms with E-state index in [0.29, 0.717) is 18.0 Å².